The van der Waals surface area contributed by atoms with E-state index >= 15 is 0 Å². The molecule has 0 amide bonds. The summed E-state index contributed by atoms with van der Waals surface area (Å²) < 4.78 is 1.72. The Morgan fingerprint density at radius 2 is 2.27 bits per heavy atom. The third kappa shape index (κ3) is 3.30. The zero-order valence-corrected chi connectivity index (χ0v) is 9.77. The maximum Gasteiger partial charge on any atom is 0.114 e. The van der Waals surface area contributed by atoms with Crippen molar-refractivity contribution in [3.05, 3.63) is 18.8 Å². The van der Waals surface area contributed by atoms with E-state index in [1.54, 1.807) is 17.8 Å². The Bertz CT molecular complexity index is 305. The van der Waals surface area contributed by atoms with Crippen molar-refractivity contribution in [2.24, 2.45) is 5.92 Å². The summed E-state index contributed by atoms with van der Waals surface area (Å²) in [5.41, 5.74) is -0.238. The fourth-order valence-corrected chi connectivity index (χ4v) is 1.72. The summed E-state index contributed by atoms with van der Waals surface area (Å²) in [5, 5.41) is 18.1. The Hall–Kier alpha value is -0.900. The Kier molecular flexibility index (Phi) is 3.85. The highest BCUT2D eigenvalue weighted by Crippen LogP contribution is 2.25. The third-order valence-electron chi connectivity index (χ3n) is 2.28. The molecule has 0 saturated heterocycles. The van der Waals surface area contributed by atoms with Gasteiger partial charge in [-0.05, 0) is 25.7 Å². The molecule has 1 radical (unpaired) electrons. The summed E-state index contributed by atoms with van der Waals surface area (Å²) in [6.07, 6.45) is 3.26. The minimum absolute atomic E-state index is 0.429. The molecule has 0 aliphatic carbocycles. The molecule has 1 aromatic rings. The van der Waals surface area contributed by atoms with Crippen molar-refractivity contribution in [3.63, 3.8) is 0 Å². The lowest BCUT2D eigenvalue weighted by molar-refractivity contribution is 0.0304. The molecule has 0 aromatic carbocycles. The zero-order valence-electron chi connectivity index (χ0n) is 9.77. The van der Waals surface area contributed by atoms with Gasteiger partial charge in [-0.3, -0.25) is 4.68 Å². The van der Waals surface area contributed by atoms with Gasteiger partial charge in [0.15, 0.2) is 0 Å². The van der Waals surface area contributed by atoms with Gasteiger partial charge in [0, 0.05) is 6.54 Å². The SMILES string of the molecule is [CH2]CCn1cc(C(C)(O)CC(C)C)nn1. The molecule has 1 heterocycles. The summed E-state index contributed by atoms with van der Waals surface area (Å²) in [4.78, 5) is 0. The van der Waals surface area contributed by atoms with Gasteiger partial charge in [0.05, 0.1) is 6.20 Å². The molecule has 0 aliphatic rings. The molecule has 1 aromatic heterocycles. The number of hydrogen-bond donors (Lipinski definition) is 1. The third-order valence-corrected chi connectivity index (χ3v) is 2.28. The van der Waals surface area contributed by atoms with E-state index in [-0.39, 0.29) is 0 Å². The van der Waals surface area contributed by atoms with Crippen LogP contribution in [0, 0.1) is 12.8 Å². The van der Waals surface area contributed by atoms with Gasteiger partial charge >= 0.3 is 0 Å². The molecule has 15 heavy (non-hydrogen) atoms. The first-order valence-corrected chi connectivity index (χ1v) is 5.38. The Labute approximate surface area is 91.3 Å². The quantitative estimate of drug-likeness (QED) is 0.805. The van der Waals surface area contributed by atoms with Crippen LogP contribution in [-0.4, -0.2) is 20.1 Å². The summed E-state index contributed by atoms with van der Waals surface area (Å²) in [6, 6.07) is 0. The van der Waals surface area contributed by atoms with E-state index in [4.69, 9.17) is 0 Å². The number of aryl methyl sites for hydroxylation is 1. The monoisotopic (exact) mass is 210 g/mol. The van der Waals surface area contributed by atoms with E-state index in [0.29, 0.717) is 18.0 Å². The van der Waals surface area contributed by atoms with Gasteiger partial charge in [-0.25, -0.2) is 0 Å². The topological polar surface area (TPSA) is 50.9 Å². The van der Waals surface area contributed by atoms with Crippen LogP contribution < -0.4 is 0 Å². The van der Waals surface area contributed by atoms with E-state index in [1.807, 2.05) is 0 Å². The van der Waals surface area contributed by atoms with Crippen LogP contribution in [0.15, 0.2) is 6.20 Å². The van der Waals surface area contributed by atoms with Crippen molar-refractivity contribution in [1.82, 2.24) is 15.0 Å². The maximum atomic E-state index is 10.2. The summed E-state index contributed by atoms with van der Waals surface area (Å²) in [7, 11) is 0. The molecule has 1 rings (SSSR count). The molecule has 1 atom stereocenters. The van der Waals surface area contributed by atoms with E-state index < -0.39 is 5.60 Å². The Morgan fingerprint density at radius 1 is 1.60 bits per heavy atom. The summed E-state index contributed by atoms with van der Waals surface area (Å²) >= 11 is 0. The highest BCUT2D eigenvalue weighted by molar-refractivity contribution is 5.05. The summed E-state index contributed by atoms with van der Waals surface area (Å²) in [6.45, 7) is 10.4. The molecule has 1 unspecified atom stereocenters. The van der Waals surface area contributed by atoms with Gasteiger partial charge in [0.1, 0.15) is 11.3 Å². The second-order valence-electron chi connectivity index (χ2n) is 4.59. The predicted molar refractivity (Wildman–Crippen MR) is 59.0 cm³/mol. The van der Waals surface area contributed by atoms with E-state index in [1.165, 1.54) is 0 Å². The van der Waals surface area contributed by atoms with Crippen LogP contribution >= 0.6 is 0 Å². The smallest absolute Gasteiger partial charge is 0.114 e. The van der Waals surface area contributed by atoms with Gasteiger partial charge in [-0.15, -0.1) is 5.10 Å². The van der Waals surface area contributed by atoms with E-state index in [9.17, 15) is 5.11 Å². The van der Waals surface area contributed by atoms with Crippen LogP contribution in [0.1, 0.15) is 39.3 Å². The highest BCUT2D eigenvalue weighted by Gasteiger charge is 2.27. The van der Waals surface area contributed by atoms with Crippen molar-refractivity contribution in [2.75, 3.05) is 0 Å². The predicted octanol–water partition coefficient (Wildman–Crippen LogP) is 1.76. The van der Waals surface area contributed by atoms with Crippen molar-refractivity contribution in [3.8, 4) is 0 Å². The molecule has 4 heteroatoms. The number of rotatable bonds is 5. The second kappa shape index (κ2) is 4.75. The van der Waals surface area contributed by atoms with Crippen LogP contribution in [0.5, 0.6) is 0 Å². The fraction of sp³-hybridized carbons (Fsp3) is 0.727. The zero-order chi connectivity index (χ0) is 11.5. The van der Waals surface area contributed by atoms with Gasteiger partial charge in [0.2, 0.25) is 0 Å². The number of hydrogen-bond acceptors (Lipinski definition) is 3. The van der Waals surface area contributed by atoms with Gasteiger partial charge in [-0.1, -0.05) is 26.0 Å². The highest BCUT2D eigenvalue weighted by atomic mass is 16.3. The van der Waals surface area contributed by atoms with Crippen LogP contribution in [0.25, 0.3) is 0 Å². The lowest BCUT2D eigenvalue weighted by Gasteiger charge is -2.22. The molecule has 0 aliphatic heterocycles. The molecule has 4 nitrogen and oxygen atoms in total. The molecule has 1 N–H and O–H groups in total. The first-order chi connectivity index (χ1) is 6.95. The summed E-state index contributed by atoms with van der Waals surface area (Å²) in [5.74, 6) is 0.429. The fourth-order valence-electron chi connectivity index (χ4n) is 1.72. The van der Waals surface area contributed by atoms with Crippen LogP contribution in [0.3, 0.4) is 0 Å². The first-order valence-electron chi connectivity index (χ1n) is 5.38. The van der Waals surface area contributed by atoms with Crippen molar-refractivity contribution < 1.29 is 5.11 Å². The molecule has 0 saturated carbocycles. The lowest BCUT2D eigenvalue weighted by atomic mass is 9.92. The van der Waals surface area contributed by atoms with E-state index in [0.717, 1.165) is 13.0 Å². The Morgan fingerprint density at radius 3 is 2.80 bits per heavy atom. The van der Waals surface area contributed by atoms with Crippen LogP contribution in [-0.2, 0) is 12.1 Å². The molecular formula is C11H20N3O. The van der Waals surface area contributed by atoms with Gasteiger partial charge in [-0.2, -0.15) is 0 Å². The Balaban J connectivity index is 2.75. The average molecular weight is 210 g/mol. The molecule has 0 spiro atoms. The van der Waals surface area contributed by atoms with Crippen molar-refractivity contribution in [1.29, 1.82) is 0 Å². The second-order valence-corrected chi connectivity index (χ2v) is 4.59. The molecule has 0 fully saturated rings. The molecule has 85 valence electrons. The normalized spacial score (nSPS) is 15.6. The lowest BCUT2D eigenvalue weighted by Crippen LogP contribution is -2.23. The van der Waals surface area contributed by atoms with Crippen molar-refractivity contribution in [2.45, 2.75) is 45.8 Å². The number of aliphatic hydroxyl groups is 1. The average Bonchev–Trinajstić information content (AvgIpc) is 2.51. The standard InChI is InChI=1S/C11H20N3O/c1-5-6-14-8-10(12-13-14)11(4,15)7-9(2)3/h8-9,15H,1,5-7H2,2-4H3. The van der Waals surface area contributed by atoms with Gasteiger partial charge < -0.3 is 5.11 Å². The van der Waals surface area contributed by atoms with E-state index in [2.05, 4.69) is 31.1 Å². The first kappa shape index (κ1) is 12.2. The number of nitrogens with zero attached hydrogens (tertiary/aromatic N) is 3. The molecule has 0 bridgehead atoms. The minimum atomic E-state index is -0.881. The largest absolute Gasteiger partial charge is 0.384 e. The van der Waals surface area contributed by atoms with Crippen LogP contribution in [0.2, 0.25) is 0 Å². The maximum absolute atomic E-state index is 10.2. The van der Waals surface area contributed by atoms with Crippen LogP contribution in [0.4, 0.5) is 0 Å². The number of aromatic nitrogens is 3. The van der Waals surface area contributed by atoms with Crippen molar-refractivity contribution >= 4 is 0 Å². The van der Waals surface area contributed by atoms with Gasteiger partial charge in [0.25, 0.3) is 0 Å². The molecular weight excluding hydrogens is 190 g/mol. The minimum Gasteiger partial charge on any atom is -0.384 e.